The molecule has 22 heavy (non-hydrogen) atoms. The van der Waals surface area contributed by atoms with E-state index in [0.717, 1.165) is 32.7 Å². The van der Waals surface area contributed by atoms with Gasteiger partial charge in [0, 0.05) is 33.4 Å². The Bertz CT molecular complexity index is 343. The fourth-order valence-corrected chi connectivity index (χ4v) is 3.97. The zero-order valence-corrected chi connectivity index (χ0v) is 14.3. The van der Waals surface area contributed by atoms with E-state index >= 15 is 0 Å². The number of piperidine rings is 1. The average Bonchev–Trinajstić information content (AvgIpc) is 2.98. The lowest BCUT2D eigenvalue weighted by Crippen LogP contribution is -2.45. The van der Waals surface area contributed by atoms with Crippen molar-refractivity contribution in [3.05, 3.63) is 0 Å². The van der Waals surface area contributed by atoms with Gasteiger partial charge in [0.25, 0.3) is 0 Å². The van der Waals surface area contributed by atoms with E-state index in [2.05, 4.69) is 22.6 Å². The van der Waals surface area contributed by atoms with Crippen molar-refractivity contribution < 1.29 is 9.53 Å². The van der Waals surface area contributed by atoms with Gasteiger partial charge in [-0.1, -0.05) is 12.8 Å². The number of nitrogens with one attached hydrogen (secondary N) is 2. The first-order valence-electron chi connectivity index (χ1n) is 8.83. The number of methoxy groups -OCH3 is 1. The standard InChI is InChI=1S/C17H33N3O2/c1-20-10-5-6-15(13-20)12-18-16(21)19-14-17(9-11-22-2)7-3-4-8-17/h15H,3-14H2,1-2H3,(H2,18,19,21)/t15-/m1/s1. The molecule has 0 radical (unpaired) electrons. The molecular weight excluding hydrogens is 278 g/mol. The zero-order valence-electron chi connectivity index (χ0n) is 14.3. The fourth-order valence-electron chi connectivity index (χ4n) is 3.97. The van der Waals surface area contributed by atoms with Crippen LogP contribution in [-0.2, 0) is 4.74 Å². The summed E-state index contributed by atoms with van der Waals surface area (Å²) < 4.78 is 5.24. The number of hydrogen-bond donors (Lipinski definition) is 2. The second-order valence-electron chi connectivity index (χ2n) is 7.28. The molecule has 2 amide bonds. The van der Waals surface area contributed by atoms with Gasteiger partial charge < -0.3 is 20.3 Å². The normalized spacial score (nSPS) is 25.1. The summed E-state index contributed by atoms with van der Waals surface area (Å²) in [5.74, 6) is 0.596. The summed E-state index contributed by atoms with van der Waals surface area (Å²) in [5, 5.41) is 6.17. The summed E-state index contributed by atoms with van der Waals surface area (Å²) in [6, 6.07) is -0.00285. The summed E-state index contributed by atoms with van der Waals surface area (Å²) in [7, 11) is 3.91. The van der Waals surface area contributed by atoms with Crippen LogP contribution in [0.2, 0.25) is 0 Å². The van der Waals surface area contributed by atoms with Gasteiger partial charge in [0.2, 0.25) is 0 Å². The number of hydrogen-bond acceptors (Lipinski definition) is 3. The van der Waals surface area contributed by atoms with Crippen LogP contribution in [0, 0.1) is 11.3 Å². The predicted molar refractivity (Wildman–Crippen MR) is 89.0 cm³/mol. The second kappa shape index (κ2) is 8.73. The third-order valence-electron chi connectivity index (χ3n) is 5.40. The Morgan fingerprint density at radius 2 is 2.05 bits per heavy atom. The van der Waals surface area contributed by atoms with Crippen LogP contribution >= 0.6 is 0 Å². The van der Waals surface area contributed by atoms with Crippen molar-refractivity contribution in [2.75, 3.05) is 46.9 Å². The highest BCUT2D eigenvalue weighted by Gasteiger charge is 2.33. The fraction of sp³-hybridized carbons (Fsp3) is 0.941. The highest BCUT2D eigenvalue weighted by molar-refractivity contribution is 5.73. The molecule has 0 bridgehead atoms. The molecule has 2 rings (SSSR count). The predicted octanol–water partition coefficient (Wildman–Crippen LogP) is 2.22. The lowest BCUT2D eigenvalue weighted by atomic mass is 9.83. The van der Waals surface area contributed by atoms with Crippen molar-refractivity contribution in [2.24, 2.45) is 11.3 Å². The third kappa shape index (κ3) is 5.43. The Morgan fingerprint density at radius 1 is 1.27 bits per heavy atom. The maximum atomic E-state index is 12.1. The minimum Gasteiger partial charge on any atom is -0.385 e. The van der Waals surface area contributed by atoms with Gasteiger partial charge in [-0.2, -0.15) is 0 Å². The van der Waals surface area contributed by atoms with Crippen LogP contribution in [0.25, 0.3) is 0 Å². The smallest absolute Gasteiger partial charge is 0.314 e. The van der Waals surface area contributed by atoms with Crippen LogP contribution < -0.4 is 10.6 Å². The Morgan fingerprint density at radius 3 is 2.73 bits per heavy atom. The number of carbonyl (C=O) groups is 1. The SMILES string of the molecule is COCCC1(CNC(=O)NC[C@H]2CCCN(C)C2)CCCC1. The van der Waals surface area contributed by atoms with Crippen molar-refractivity contribution >= 4 is 6.03 Å². The number of carbonyl (C=O) groups excluding carboxylic acids is 1. The third-order valence-corrected chi connectivity index (χ3v) is 5.40. The quantitative estimate of drug-likeness (QED) is 0.758. The number of amides is 2. The van der Waals surface area contributed by atoms with E-state index in [-0.39, 0.29) is 11.4 Å². The molecule has 1 saturated carbocycles. The van der Waals surface area contributed by atoms with E-state index in [1.807, 2.05) is 0 Å². The zero-order chi connectivity index (χ0) is 15.8. The van der Waals surface area contributed by atoms with Crippen molar-refractivity contribution in [1.29, 1.82) is 0 Å². The largest absolute Gasteiger partial charge is 0.385 e. The first kappa shape index (κ1) is 17.5. The van der Waals surface area contributed by atoms with E-state index in [1.54, 1.807) is 7.11 Å². The molecule has 1 aliphatic heterocycles. The molecule has 1 aliphatic carbocycles. The summed E-state index contributed by atoms with van der Waals surface area (Å²) in [5.41, 5.74) is 0.262. The number of urea groups is 1. The molecule has 128 valence electrons. The Hall–Kier alpha value is -0.810. The molecular formula is C17H33N3O2. The van der Waals surface area contributed by atoms with Gasteiger partial charge in [-0.3, -0.25) is 0 Å². The highest BCUT2D eigenvalue weighted by atomic mass is 16.5. The molecule has 2 fully saturated rings. The van der Waals surface area contributed by atoms with Crippen LogP contribution in [0.5, 0.6) is 0 Å². The molecule has 0 aromatic heterocycles. The molecule has 1 saturated heterocycles. The van der Waals surface area contributed by atoms with Gasteiger partial charge in [-0.15, -0.1) is 0 Å². The first-order valence-corrected chi connectivity index (χ1v) is 8.83. The molecule has 2 N–H and O–H groups in total. The lowest BCUT2D eigenvalue weighted by Gasteiger charge is -2.31. The summed E-state index contributed by atoms with van der Waals surface area (Å²) in [6.07, 6.45) is 8.50. The average molecular weight is 311 g/mol. The van der Waals surface area contributed by atoms with Gasteiger partial charge >= 0.3 is 6.03 Å². The molecule has 0 spiro atoms. The Balaban J connectivity index is 1.67. The molecule has 0 aromatic rings. The molecule has 1 atom stereocenters. The van der Waals surface area contributed by atoms with E-state index in [4.69, 9.17) is 4.74 Å². The van der Waals surface area contributed by atoms with Crippen molar-refractivity contribution in [3.63, 3.8) is 0 Å². The van der Waals surface area contributed by atoms with Crippen LogP contribution in [-0.4, -0.2) is 57.9 Å². The number of likely N-dealkylation sites (tertiary alicyclic amines) is 1. The molecule has 1 heterocycles. The lowest BCUT2D eigenvalue weighted by molar-refractivity contribution is 0.135. The Labute approximate surface area is 135 Å². The maximum Gasteiger partial charge on any atom is 0.314 e. The van der Waals surface area contributed by atoms with Crippen molar-refractivity contribution in [3.8, 4) is 0 Å². The van der Waals surface area contributed by atoms with Gasteiger partial charge in [0.15, 0.2) is 0 Å². The number of rotatable bonds is 7. The molecule has 0 unspecified atom stereocenters. The second-order valence-corrected chi connectivity index (χ2v) is 7.28. The molecule has 2 aliphatic rings. The summed E-state index contributed by atoms with van der Waals surface area (Å²) >= 11 is 0. The van der Waals surface area contributed by atoms with E-state index < -0.39 is 0 Å². The van der Waals surface area contributed by atoms with Crippen LogP contribution in [0.4, 0.5) is 4.79 Å². The van der Waals surface area contributed by atoms with E-state index in [9.17, 15) is 4.79 Å². The van der Waals surface area contributed by atoms with Crippen molar-refractivity contribution in [2.45, 2.75) is 44.9 Å². The van der Waals surface area contributed by atoms with Crippen molar-refractivity contribution in [1.82, 2.24) is 15.5 Å². The van der Waals surface area contributed by atoms with Gasteiger partial charge in [-0.05, 0) is 57.0 Å². The van der Waals surface area contributed by atoms with Gasteiger partial charge in [0.05, 0.1) is 0 Å². The topological polar surface area (TPSA) is 53.6 Å². The van der Waals surface area contributed by atoms with Crippen LogP contribution in [0.15, 0.2) is 0 Å². The molecule has 0 aromatic carbocycles. The number of ether oxygens (including phenoxy) is 1. The van der Waals surface area contributed by atoms with E-state index in [1.165, 1.54) is 45.1 Å². The highest BCUT2D eigenvalue weighted by Crippen LogP contribution is 2.40. The minimum atomic E-state index is -0.00285. The minimum absolute atomic E-state index is 0.00285. The summed E-state index contributed by atoms with van der Waals surface area (Å²) in [4.78, 5) is 14.4. The molecule has 5 heteroatoms. The summed E-state index contributed by atoms with van der Waals surface area (Å²) in [6.45, 7) is 4.65. The van der Waals surface area contributed by atoms with Crippen LogP contribution in [0.3, 0.4) is 0 Å². The number of nitrogens with zero attached hydrogens (tertiary/aromatic N) is 1. The van der Waals surface area contributed by atoms with Gasteiger partial charge in [-0.25, -0.2) is 4.79 Å². The van der Waals surface area contributed by atoms with Gasteiger partial charge in [0.1, 0.15) is 0 Å². The Kier molecular flexibility index (Phi) is 6.96. The van der Waals surface area contributed by atoms with Crippen LogP contribution in [0.1, 0.15) is 44.9 Å². The molecule has 5 nitrogen and oxygen atoms in total. The monoisotopic (exact) mass is 311 g/mol. The first-order chi connectivity index (χ1) is 10.6. The van der Waals surface area contributed by atoms with E-state index in [0.29, 0.717) is 5.92 Å². The maximum absolute atomic E-state index is 12.1.